The SMILES string of the molecule is CC/C=C\C/C=C\C/C=C\C/C=C\C/C=C\C/C=C\C/C=C\C/C=C\C/C=C\CCCCCCCC(=O)OC(COC(=O)CCCCCCCCCCCCCCCCCCCCCCCCC/C=C\C/C=C\C/C=C\C/C=C\C/C=C\CC)COP(=O)([O-])OCC[N+](C)(C)C. The van der Waals surface area contributed by atoms with Crippen molar-refractivity contribution >= 4 is 19.8 Å². The van der Waals surface area contributed by atoms with Gasteiger partial charge in [-0.05, 0) is 128 Å². The normalized spacial score (nSPS) is 14.0. The van der Waals surface area contributed by atoms with E-state index in [1.54, 1.807) is 0 Å². The van der Waals surface area contributed by atoms with Gasteiger partial charge in [0.15, 0.2) is 6.10 Å². The molecule has 0 fully saturated rings. The number of esters is 2. The van der Waals surface area contributed by atoms with Crippen LogP contribution in [-0.4, -0.2) is 70.0 Å². The molecule has 0 bridgehead atoms. The van der Waals surface area contributed by atoms with E-state index < -0.39 is 26.5 Å². The average molecular weight is 1350 g/mol. The van der Waals surface area contributed by atoms with Crippen LogP contribution in [0.3, 0.4) is 0 Å². The van der Waals surface area contributed by atoms with Gasteiger partial charge in [0.25, 0.3) is 7.82 Å². The van der Waals surface area contributed by atoms with E-state index in [0.29, 0.717) is 17.4 Å². The first-order chi connectivity index (χ1) is 47.0. The van der Waals surface area contributed by atoms with Gasteiger partial charge < -0.3 is 27.9 Å². The number of carbonyl (C=O) groups is 2. The number of hydrogen-bond acceptors (Lipinski definition) is 8. The maximum atomic E-state index is 12.9. The smallest absolute Gasteiger partial charge is 0.306 e. The molecule has 0 spiro atoms. The Bertz CT molecular complexity index is 2230. The fraction of sp³-hybridized carbons (Fsp3) is 0.651. The highest BCUT2D eigenvalue weighted by molar-refractivity contribution is 7.45. The second-order valence-electron chi connectivity index (χ2n) is 26.6. The monoisotopic (exact) mass is 1350 g/mol. The summed E-state index contributed by atoms with van der Waals surface area (Å²) in [7, 11) is 1.14. The van der Waals surface area contributed by atoms with Crippen LogP contribution in [0, 0.1) is 0 Å². The Morgan fingerprint density at radius 2 is 0.562 bits per heavy atom. The predicted molar refractivity (Wildman–Crippen MR) is 415 cm³/mol. The van der Waals surface area contributed by atoms with E-state index >= 15 is 0 Å². The van der Waals surface area contributed by atoms with Crippen molar-refractivity contribution < 1.29 is 42.1 Å². The maximum Gasteiger partial charge on any atom is 0.306 e. The highest BCUT2D eigenvalue weighted by Gasteiger charge is 2.22. The third-order valence-corrected chi connectivity index (χ3v) is 17.2. The molecule has 0 aliphatic carbocycles. The second-order valence-corrected chi connectivity index (χ2v) is 28.0. The zero-order chi connectivity index (χ0) is 69.7. The molecular weight excluding hydrogens is 1210 g/mol. The quantitative estimate of drug-likeness (QED) is 0.0195. The van der Waals surface area contributed by atoms with Gasteiger partial charge in [0.1, 0.15) is 19.8 Å². The number of quaternary nitrogens is 1. The van der Waals surface area contributed by atoms with Gasteiger partial charge in [-0.15, -0.1) is 0 Å². The van der Waals surface area contributed by atoms with Crippen molar-refractivity contribution in [1.29, 1.82) is 0 Å². The van der Waals surface area contributed by atoms with Gasteiger partial charge in [-0.3, -0.25) is 14.2 Å². The summed E-state index contributed by atoms with van der Waals surface area (Å²) >= 11 is 0. The molecule has 2 atom stereocenters. The van der Waals surface area contributed by atoms with Crippen molar-refractivity contribution in [3.05, 3.63) is 170 Å². The largest absolute Gasteiger partial charge is 0.756 e. The first-order valence-corrected chi connectivity index (χ1v) is 40.3. The molecule has 0 aromatic heterocycles. The Kier molecular flexibility index (Phi) is 71.0. The standard InChI is InChI=1S/C86H144NO8P/c1-6-8-10-12-14-16-18-20-22-24-26-28-30-32-34-36-38-40-41-42-43-44-45-47-48-50-52-54-56-58-60-62-64-66-68-70-72-74-76-78-85(88)92-82-84(83-94-96(90,91)93-81-80-87(3,4)5)95-86(89)79-77-75-73-71-69-67-65-63-61-59-57-55-53-51-49-46-39-37-35-33-31-29-27-25-23-21-19-17-15-13-11-9-7-2/h8-11,14-17,20-23,26-29,32-35,39,46,51,53,57,59,63,65,84H,6-7,12-13,18-19,24-25,30-31,36-38,40-45,47-50,52,54-56,58,60-62,64,66-83H2,1-5H3/b10-8-,11-9-,16-14-,17-15-,22-20-,23-21-,28-26-,29-27-,34-32-,35-33-,46-39-,53-51-,59-57-,65-63-. The van der Waals surface area contributed by atoms with Crippen molar-refractivity contribution in [2.45, 2.75) is 315 Å². The molecule has 96 heavy (non-hydrogen) atoms. The van der Waals surface area contributed by atoms with Crippen molar-refractivity contribution in [2.75, 3.05) is 47.5 Å². The lowest BCUT2D eigenvalue weighted by atomic mass is 10.0. The van der Waals surface area contributed by atoms with E-state index in [2.05, 4.69) is 184 Å². The lowest BCUT2D eigenvalue weighted by Crippen LogP contribution is -2.37. The number of nitrogens with zero attached hydrogens (tertiary/aromatic N) is 1. The molecule has 10 heteroatoms. The minimum absolute atomic E-state index is 0.0418. The van der Waals surface area contributed by atoms with Crippen LogP contribution in [0.4, 0.5) is 0 Å². The number of carbonyl (C=O) groups excluding carboxylic acids is 2. The summed E-state index contributed by atoms with van der Waals surface area (Å²) in [6.07, 6.45) is 113. The first kappa shape index (κ1) is 91.4. The van der Waals surface area contributed by atoms with E-state index in [1.807, 2.05) is 21.1 Å². The zero-order valence-electron chi connectivity index (χ0n) is 62.3. The lowest BCUT2D eigenvalue weighted by molar-refractivity contribution is -0.870. The summed E-state index contributed by atoms with van der Waals surface area (Å²) in [5.41, 5.74) is 0. The van der Waals surface area contributed by atoms with Gasteiger partial charge in [-0.25, -0.2) is 0 Å². The van der Waals surface area contributed by atoms with Gasteiger partial charge in [0.05, 0.1) is 27.7 Å². The minimum atomic E-state index is -4.66. The number of ether oxygens (including phenoxy) is 2. The van der Waals surface area contributed by atoms with E-state index in [1.165, 1.54) is 135 Å². The summed E-state index contributed by atoms with van der Waals surface area (Å²) in [6.45, 7) is 4.00. The van der Waals surface area contributed by atoms with E-state index in [0.717, 1.165) is 141 Å². The third kappa shape index (κ3) is 78.4. The summed E-state index contributed by atoms with van der Waals surface area (Å²) < 4.78 is 34.4. The van der Waals surface area contributed by atoms with E-state index in [9.17, 15) is 19.0 Å². The average Bonchev–Trinajstić information content (AvgIpc) is 1.48. The van der Waals surface area contributed by atoms with Crippen LogP contribution in [0.2, 0.25) is 0 Å². The number of phosphoric ester groups is 1. The van der Waals surface area contributed by atoms with E-state index in [-0.39, 0.29) is 32.0 Å². The molecule has 0 saturated heterocycles. The number of phosphoric acid groups is 1. The van der Waals surface area contributed by atoms with Crippen molar-refractivity contribution in [3.63, 3.8) is 0 Å². The van der Waals surface area contributed by atoms with Crippen LogP contribution in [0.15, 0.2) is 170 Å². The fourth-order valence-corrected chi connectivity index (χ4v) is 11.1. The molecule has 2 unspecified atom stereocenters. The number of allylic oxidation sites excluding steroid dienone is 28. The summed E-state index contributed by atoms with van der Waals surface area (Å²) in [4.78, 5) is 38.2. The maximum absolute atomic E-state index is 12.9. The molecule has 0 saturated carbocycles. The number of unbranched alkanes of at least 4 members (excludes halogenated alkanes) is 28. The summed E-state index contributed by atoms with van der Waals surface area (Å²) in [5, 5.41) is 0. The van der Waals surface area contributed by atoms with Crippen molar-refractivity contribution in [1.82, 2.24) is 0 Å². The van der Waals surface area contributed by atoms with Gasteiger partial charge in [0.2, 0.25) is 0 Å². The number of rotatable bonds is 70. The molecule has 0 aliphatic heterocycles. The van der Waals surface area contributed by atoms with Crippen LogP contribution in [0.25, 0.3) is 0 Å². The van der Waals surface area contributed by atoms with Gasteiger partial charge in [-0.2, -0.15) is 0 Å². The molecule has 0 aromatic carbocycles. The second kappa shape index (κ2) is 74.6. The first-order valence-electron chi connectivity index (χ1n) is 38.8. The number of hydrogen-bond donors (Lipinski definition) is 0. The molecule has 0 aromatic rings. The molecule has 0 rings (SSSR count). The van der Waals surface area contributed by atoms with Crippen molar-refractivity contribution in [2.24, 2.45) is 0 Å². The molecule has 0 N–H and O–H groups in total. The minimum Gasteiger partial charge on any atom is -0.756 e. The molecule has 0 heterocycles. The molecular formula is C86H144NO8P. The third-order valence-electron chi connectivity index (χ3n) is 16.2. The highest BCUT2D eigenvalue weighted by atomic mass is 31.2. The molecule has 0 aliphatic rings. The highest BCUT2D eigenvalue weighted by Crippen LogP contribution is 2.38. The Hall–Kier alpha value is -4.63. The van der Waals surface area contributed by atoms with E-state index in [4.69, 9.17) is 18.5 Å². The summed E-state index contributed by atoms with van der Waals surface area (Å²) in [6, 6.07) is 0. The Morgan fingerprint density at radius 1 is 0.323 bits per heavy atom. The Balaban J connectivity index is 4.04. The van der Waals surface area contributed by atoms with Crippen molar-refractivity contribution in [3.8, 4) is 0 Å². The van der Waals surface area contributed by atoms with Crippen LogP contribution in [0.5, 0.6) is 0 Å². The van der Waals surface area contributed by atoms with Crippen LogP contribution in [-0.2, 0) is 32.7 Å². The Labute approximate surface area is 591 Å². The number of likely N-dealkylation sites (N-methyl/N-ethyl adjacent to an activating group) is 1. The van der Waals surface area contributed by atoms with Gasteiger partial charge >= 0.3 is 11.9 Å². The Morgan fingerprint density at radius 3 is 0.833 bits per heavy atom. The lowest BCUT2D eigenvalue weighted by Gasteiger charge is -2.28. The molecule has 9 nitrogen and oxygen atoms in total. The molecule has 0 radical (unpaired) electrons. The van der Waals surface area contributed by atoms with Gasteiger partial charge in [-0.1, -0.05) is 338 Å². The topological polar surface area (TPSA) is 111 Å². The molecule has 546 valence electrons. The van der Waals surface area contributed by atoms with Crippen LogP contribution in [0.1, 0.15) is 309 Å². The zero-order valence-corrected chi connectivity index (χ0v) is 63.2. The predicted octanol–water partition coefficient (Wildman–Crippen LogP) is 25.4. The van der Waals surface area contributed by atoms with Crippen LogP contribution >= 0.6 is 7.82 Å². The van der Waals surface area contributed by atoms with Crippen LogP contribution < -0.4 is 4.89 Å². The molecule has 0 amide bonds. The fourth-order valence-electron chi connectivity index (χ4n) is 10.4. The van der Waals surface area contributed by atoms with Gasteiger partial charge in [0, 0.05) is 12.8 Å². The summed E-state index contributed by atoms with van der Waals surface area (Å²) in [5.74, 6) is -0.856.